The minimum absolute atomic E-state index is 0.0684. The molecule has 1 aromatic heterocycles. The number of anilines is 1. The number of nitrogens with two attached hydrogens (primary N) is 1. The Bertz CT molecular complexity index is 1010. The van der Waals surface area contributed by atoms with Crippen molar-refractivity contribution in [1.29, 1.82) is 0 Å². The van der Waals surface area contributed by atoms with E-state index in [1.54, 1.807) is 45.7 Å². The number of halogens is 4. The van der Waals surface area contributed by atoms with Gasteiger partial charge in [0, 0.05) is 11.1 Å². The van der Waals surface area contributed by atoms with E-state index in [1.807, 2.05) is 13.1 Å². The fourth-order valence-electron chi connectivity index (χ4n) is 2.58. The van der Waals surface area contributed by atoms with Gasteiger partial charge < -0.3 is 0 Å². The van der Waals surface area contributed by atoms with E-state index in [0.29, 0.717) is 31.6 Å². The van der Waals surface area contributed by atoms with Crippen LogP contribution in [-0.4, -0.2) is 10.4 Å². The molecule has 0 saturated heterocycles. The number of hydrogen-bond donors (Lipinski definition) is 1. The largest absolute Gasteiger partial charge is 0.355 e. The van der Waals surface area contributed by atoms with Crippen LogP contribution in [0, 0.1) is 0 Å². The molecule has 8 heteroatoms. The molecule has 0 aliphatic heterocycles. The third kappa shape index (κ3) is 3.69. The maximum absolute atomic E-state index is 12.6. The molecule has 0 aliphatic carbocycles. The summed E-state index contributed by atoms with van der Waals surface area (Å²) >= 11 is 24.0. The van der Waals surface area contributed by atoms with Crippen LogP contribution in [0.5, 0.6) is 0 Å². The fraction of sp³-hybridized carbons (Fsp3) is 0.111. The molecule has 4 nitrogen and oxygen atoms in total. The minimum Gasteiger partial charge on any atom is -0.291 e. The first-order valence-corrected chi connectivity index (χ1v) is 9.07. The van der Waals surface area contributed by atoms with Gasteiger partial charge in [0.2, 0.25) is 0 Å². The number of rotatable bonds is 4. The highest BCUT2D eigenvalue weighted by Gasteiger charge is 2.21. The molecule has 0 aliphatic rings. The topological polar surface area (TPSA) is 51.9 Å². The standard InChI is InChI=1S/C18H13Cl4N3O/c1-24-16(10-2-4-12(19)14(21)6-10)8-25(18(24)23)9-17(26)11-3-5-13(20)15(22)7-11/h2-8,23H,9H2,1H3/p+1. The van der Waals surface area contributed by atoms with Crippen molar-refractivity contribution in [3.63, 3.8) is 0 Å². The van der Waals surface area contributed by atoms with Gasteiger partial charge in [0.05, 0.1) is 27.1 Å². The van der Waals surface area contributed by atoms with Crippen molar-refractivity contribution in [2.45, 2.75) is 6.54 Å². The van der Waals surface area contributed by atoms with E-state index in [4.69, 9.17) is 52.1 Å². The van der Waals surface area contributed by atoms with E-state index in [9.17, 15) is 4.79 Å². The second kappa shape index (κ2) is 7.49. The molecule has 3 aromatic rings. The molecule has 2 aromatic carbocycles. The van der Waals surface area contributed by atoms with Crippen molar-refractivity contribution in [2.75, 3.05) is 5.73 Å². The van der Waals surface area contributed by atoms with Crippen molar-refractivity contribution in [3.8, 4) is 11.3 Å². The zero-order chi connectivity index (χ0) is 19.0. The lowest BCUT2D eigenvalue weighted by Crippen LogP contribution is -2.39. The Morgan fingerprint density at radius 3 is 2.23 bits per heavy atom. The molecular formula is C18H14Cl4N3O+. The summed E-state index contributed by atoms with van der Waals surface area (Å²) in [6, 6.07) is 10.1. The zero-order valence-corrected chi connectivity index (χ0v) is 16.7. The van der Waals surface area contributed by atoms with Gasteiger partial charge in [-0.2, -0.15) is 0 Å². The number of nitrogens with zero attached hydrogens (tertiary/aromatic N) is 2. The molecule has 0 unspecified atom stereocenters. The van der Waals surface area contributed by atoms with E-state index >= 15 is 0 Å². The number of imidazole rings is 1. The zero-order valence-electron chi connectivity index (χ0n) is 13.6. The highest BCUT2D eigenvalue weighted by atomic mass is 35.5. The third-order valence-corrected chi connectivity index (χ3v) is 5.53. The first-order valence-electron chi connectivity index (χ1n) is 7.56. The molecule has 3 rings (SSSR count). The number of ketones is 1. The van der Waals surface area contributed by atoms with Gasteiger partial charge in [-0.05, 0) is 36.4 Å². The van der Waals surface area contributed by atoms with Gasteiger partial charge in [-0.1, -0.05) is 46.4 Å². The average Bonchev–Trinajstić information content (AvgIpc) is 2.88. The molecule has 0 spiro atoms. The predicted octanol–water partition coefficient (Wildman–Crippen LogP) is 5.06. The maximum Gasteiger partial charge on any atom is 0.355 e. The molecule has 134 valence electrons. The molecule has 2 N–H and O–H groups in total. The van der Waals surface area contributed by atoms with E-state index in [1.165, 1.54) is 0 Å². The van der Waals surface area contributed by atoms with Crippen molar-refractivity contribution < 1.29 is 9.36 Å². The van der Waals surface area contributed by atoms with Crippen molar-refractivity contribution >= 4 is 58.1 Å². The van der Waals surface area contributed by atoms with Crippen LogP contribution in [0.2, 0.25) is 20.1 Å². The second-order valence-electron chi connectivity index (χ2n) is 5.74. The lowest BCUT2D eigenvalue weighted by molar-refractivity contribution is -0.667. The molecular weight excluding hydrogens is 416 g/mol. The molecule has 26 heavy (non-hydrogen) atoms. The SMILES string of the molecule is Cn1c(-c2ccc(Cl)c(Cl)c2)c[n+](CC(=O)c2ccc(Cl)c(Cl)c2)c1N. The fourth-order valence-corrected chi connectivity index (χ4v) is 3.18. The van der Waals surface area contributed by atoms with Gasteiger partial charge in [-0.25, -0.2) is 9.13 Å². The van der Waals surface area contributed by atoms with Crippen LogP contribution in [0.4, 0.5) is 5.95 Å². The van der Waals surface area contributed by atoms with Crippen LogP contribution in [0.1, 0.15) is 10.4 Å². The summed E-state index contributed by atoms with van der Waals surface area (Å²) in [5, 5.41) is 1.65. The summed E-state index contributed by atoms with van der Waals surface area (Å²) < 4.78 is 3.45. The summed E-state index contributed by atoms with van der Waals surface area (Å²) in [4.78, 5) is 12.6. The Morgan fingerprint density at radius 1 is 1.00 bits per heavy atom. The van der Waals surface area contributed by atoms with Crippen LogP contribution in [-0.2, 0) is 13.6 Å². The van der Waals surface area contributed by atoms with Gasteiger partial charge in [0.15, 0.2) is 5.78 Å². The van der Waals surface area contributed by atoms with Crippen LogP contribution in [0.25, 0.3) is 11.3 Å². The monoisotopic (exact) mass is 428 g/mol. The average molecular weight is 430 g/mol. The van der Waals surface area contributed by atoms with E-state index in [-0.39, 0.29) is 12.3 Å². The van der Waals surface area contributed by atoms with Gasteiger partial charge >= 0.3 is 5.95 Å². The lowest BCUT2D eigenvalue weighted by Gasteiger charge is -2.02. The summed E-state index contributed by atoms with van der Waals surface area (Å²) in [6.45, 7) is 0.0684. The normalized spacial score (nSPS) is 11.0. The molecule has 0 saturated carbocycles. The number of carbonyl (C=O) groups excluding carboxylic acids is 1. The van der Waals surface area contributed by atoms with E-state index in [0.717, 1.165) is 11.3 Å². The van der Waals surface area contributed by atoms with Gasteiger partial charge in [-0.3, -0.25) is 10.5 Å². The third-order valence-electron chi connectivity index (χ3n) is 4.05. The molecule has 0 fully saturated rings. The Balaban J connectivity index is 1.92. The van der Waals surface area contributed by atoms with Crippen LogP contribution < -0.4 is 10.3 Å². The summed E-state index contributed by atoms with van der Waals surface area (Å²) in [5.41, 5.74) is 8.27. The number of benzene rings is 2. The number of hydrogen-bond acceptors (Lipinski definition) is 2. The maximum atomic E-state index is 12.6. The molecule has 0 atom stereocenters. The predicted molar refractivity (Wildman–Crippen MR) is 106 cm³/mol. The first kappa shape index (κ1) is 19.1. The van der Waals surface area contributed by atoms with Gasteiger partial charge in [0.1, 0.15) is 18.4 Å². The molecule has 1 heterocycles. The number of carbonyl (C=O) groups is 1. The summed E-state index contributed by atoms with van der Waals surface area (Å²) in [6.07, 6.45) is 1.80. The highest BCUT2D eigenvalue weighted by Crippen LogP contribution is 2.29. The summed E-state index contributed by atoms with van der Waals surface area (Å²) in [5.74, 6) is 0.297. The number of aromatic nitrogens is 2. The Labute approximate surface area is 170 Å². The second-order valence-corrected chi connectivity index (χ2v) is 7.37. The van der Waals surface area contributed by atoms with Crippen LogP contribution in [0.15, 0.2) is 42.6 Å². The van der Waals surface area contributed by atoms with Gasteiger partial charge in [-0.15, -0.1) is 0 Å². The van der Waals surface area contributed by atoms with Gasteiger partial charge in [0.25, 0.3) is 0 Å². The highest BCUT2D eigenvalue weighted by molar-refractivity contribution is 6.42. The smallest absolute Gasteiger partial charge is 0.291 e. The first-order chi connectivity index (χ1) is 12.3. The van der Waals surface area contributed by atoms with Crippen LogP contribution in [0.3, 0.4) is 0 Å². The van der Waals surface area contributed by atoms with Crippen molar-refractivity contribution in [3.05, 3.63) is 68.2 Å². The van der Waals surface area contributed by atoms with E-state index < -0.39 is 0 Å². The molecule has 0 amide bonds. The Morgan fingerprint density at radius 2 is 1.62 bits per heavy atom. The lowest BCUT2D eigenvalue weighted by atomic mass is 10.1. The van der Waals surface area contributed by atoms with Crippen molar-refractivity contribution in [2.24, 2.45) is 7.05 Å². The van der Waals surface area contributed by atoms with E-state index in [2.05, 4.69) is 0 Å². The number of nitrogen functional groups attached to an aromatic ring is 1. The Hall–Kier alpha value is -1.72. The molecule has 0 radical (unpaired) electrons. The Kier molecular flexibility index (Phi) is 5.49. The number of Topliss-reactive ketones (excluding diaryl/α,β-unsaturated/α-hetero) is 1. The van der Waals surface area contributed by atoms with Crippen molar-refractivity contribution in [1.82, 2.24) is 4.57 Å². The molecule has 0 bridgehead atoms. The van der Waals surface area contributed by atoms with Crippen LogP contribution >= 0.6 is 46.4 Å². The quantitative estimate of drug-likeness (QED) is 0.465. The summed E-state index contributed by atoms with van der Waals surface area (Å²) in [7, 11) is 1.81. The minimum atomic E-state index is -0.133.